The van der Waals surface area contributed by atoms with Gasteiger partial charge in [-0.15, -0.1) is 0 Å². The molecule has 0 spiro atoms. The Kier molecular flexibility index (Phi) is 5.69. The highest BCUT2D eigenvalue weighted by Gasteiger charge is 2.09. The van der Waals surface area contributed by atoms with E-state index in [0.717, 1.165) is 0 Å². The average molecular weight is 345 g/mol. The van der Waals surface area contributed by atoms with Crippen molar-refractivity contribution in [2.24, 2.45) is 0 Å². The molecule has 0 aliphatic carbocycles. The zero-order valence-corrected chi connectivity index (χ0v) is 13.5. The lowest BCUT2D eigenvalue weighted by molar-refractivity contribution is 0.0934. The predicted molar refractivity (Wildman–Crippen MR) is 91.8 cm³/mol. The monoisotopic (exact) mass is 345 g/mol. The van der Waals surface area contributed by atoms with Crippen LogP contribution in [0.4, 0.5) is 0 Å². The van der Waals surface area contributed by atoms with Crippen LogP contribution in [0.5, 0.6) is 11.5 Å². The molecule has 8 heteroatoms. The Morgan fingerprint density at radius 2 is 1.46 bits per heavy atom. The predicted octanol–water partition coefficient (Wildman–Crippen LogP) is 1.35. The van der Waals surface area contributed by atoms with Crippen LogP contribution < -0.4 is 20.9 Å². The Balaban J connectivity index is 1.84. The molecule has 2 rings (SSSR count). The van der Waals surface area contributed by atoms with Gasteiger partial charge < -0.3 is 9.84 Å². The minimum Gasteiger partial charge on any atom is -0.508 e. The van der Waals surface area contributed by atoms with E-state index in [9.17, 15) is 14.7 Å². The number of amides is 2. The molecule has 0 atom stereocenters. The minimum atomic E-state index is -0.462. The van der Waals surface area contributed by atoms with Gasteiger partial charge in [0.2, 0.25) is 0 Å². The van der Waals surface area contributed by atoms with Gasteiger partial charge in [-0.1, -0.05) is 0 Å². The van der Waals surface area contributed by atoms with Crippen LogP contribution in [0.15, 0.2) is 48.5 Å². The number of carbonyl (C=O) groups excluding carboxylic acids is 2. The van der Waals surface area contributed by atoms with Gasteiger partial charge in [0.1, 0.15) is 11.5 Å². The Labute approximate surface area is 143 Å². The Morgan fingerprint density at radius 3 is 2.04 bits per heavy atom. The first-order valence-electron chi connectivity index (χ1n) is 6.84. The van der Waals surface area contributed by atoms with Crippen LogP contribution in [0.2, 0.25) is 0 Å². The molecule has 24 heavy (non-hydrogen) atoms. The van der Waals surface area contributed by atoms with E-state index in [2.05, 4.69) is 16.2 Å². The number of rotatable bonds is 3. The van der Waals surface area contributed by atoms with Crippen LogP contribution in [-0.2, 0) is 0 Å². The van der Waals surface area contributed by atoms with Crippen LogP contribution in [0.3, 0.4) is 0 Å². The normalized spacial score (nSPS) is 9.71. The summed E-state index contributed by atoms with van der Waals surface area (Å²) in [5.74, 6) is -0.194. The van der Waals surface area contributed by atoms with E-state index in [1.54, 1.807) is 24.3 Å². The summed E-state index contributed by atoms with van der Waals surface area (Å²) >= 11 is 4.95. The van der Waals surface area contributed by atoms with E-state index < -0.39 is 11.8 Å². The van der Waals surface area contributed by atoms with E-state index in [1.807, 2.05) is 0 Å². The van der Waals surface area contributed by atoms with Gasteiger partial charge in [0, 0.05) is 11.1 Å². The number of hydrogen-bond acceptors (Lipinski definition) is 5. The molecule has 0 saturated heterocycles. The third kappa shape index (κ3) is 4.68. The number of nitrogens with one attached hydrogen (secondary N) is 3. The van der Waals surface area contributed by atoms with Gasteiger partial charge in [-0.05, 0) is 60.7 Å². The molecular formula is C16H15N3O4S. The number of hydrogen-bond donors (Lipinski definition) is 4. The highest BCUT2D eigenvalue weighted by atomic mass is 32.1. The van der Waals surface area contributed by atoms with Gasteiger partial charge in [0.15, 0.2) is 5.11 Å². The van der Waals surface area contributed by atoms with Crippen LogP contribution in [-0.4, -0.2) is 29.1 Å². The molecule has 2 aromatic carbocycles. The maximum Gasteiger partial charge on any atom is 0.269 e. The van der Waals surface area contributed by atoms with E-state index >= 15 is 0 Å². The molecule has 0 unspecified atom stereocenters. The molecule has 7 nitrogen and oxygen atoms in total. The summed E-state index contributed by atoms with van der Waals surface area (Å²) in [4.78, 5) is 23.8. The standard InChI is InChI=1S/C16H15N3O4S/c1-23-13-8-4-10(5-9-13)14(21)17-16(24)19-18-15(22)11-2-6-12(20)7-3-11/h2-9,20H,1H3,(H,18,22)(H2,17,19,21,24). The Bertz CT molecular complexity index is 745. The van der Waals surface area contributed by atoms with Crippen molar-refractivity contribution < 1.29 is 19.4 Å². The Morgan fingerprint density at radius 1 is 0.917 bits per heavy atom. The largest absolute Gasteiger partial charge is 0.508 e. The van der Waals surface area contributed by atoms with Crippen LogP contribution >= 0.6 is 12.2 Å². The van der Waals surface area contributed by atoms with Gasteiger partial charge in [-0.2, -0.15) is 0 Å². The third-order valence-corrected chi connectivity index (χ3v) is 3.20. The summed E-state index contributed by atoms with van der Waals surface area (Å²) in [6.45, 7) is 0. The molecule has 0 aliphatic rings. The number of phenolic OH excluding ortho intramolecular Hbond substituents is 1. The number of hydrazine groups is 1. The van der Waals surface area contributed by atoms with Crippen LogP contribution in [0.25, 0.3) is 0 Å². The third-order valence-electron chi connectivity index (χ3n) is 3.00. The zero-order valence-electron chi connectivity index (χ0n) is 12.7. The van der Waals surface area contributed by atoms with Crippen molar-refractivity contribution in [3.8, 4) is 11.5 Å². The lowest BCUT2D eigenvalue weighted by Crippen LogP contribution is -2.48. The zero-order chi connectivity index (χ0) is 17.5. The smallest absolute Gasteiger partial charge is 0.269 e. The topological polar surface area (TPSA) is 99.7 Å². The molecule has 0 aromatic heterocycles. The van der Waals surface area contributed by atoms with E-state index in [4.69, 9.17) is 17.0 Å². The number of benzene rings is 2. The fraction of sp³-hybridized carbons (Fsp3) is 0.0625. The number of thiocarbonyl (C=S) groups is 1. The summed E-state index contributed by atoms with van der Waals surface area (Å²) in [6.07, 6.45) is 0. The van der Waals surface area contributed by atoms with Crippen molar-refractivity contribution in [2.75, 3.05) is 7.11 Å². The number of phenols is 1. The molecular weight excluding hydrogens is 330 g/mol. The average Bonchev–Trinajstić information content (AvgIpc) is 2.60. The second kappa shape index (κ2) is 7.93. The van der Waals surface area contributed by atoms with Crippen LogP contribution in [0, 0.1) is 0 Å². The molecule has 124 valence electrons. The maximum absolute atomic E-state index is 12.0. The highest BCUT2D eigenvalue weighted by Crippen LogP contribution is 2.11. The maximum atomic E-state index is 12.0. The molecule has 0 aliphatic heterocycles. The molecule has 4 N–H and O–H groups in total. The molecule has 2 aromatic rings. The molecule has 0 radical (unpaired) electrons. The SMILES string of the molecule is COc1ccc(C(=O)NC(=S)NNC(=O)c2ccc(O)cc2)cc1. The molecule has 0 heterocycles. The van der Waals surface area contributed by atoms with Crippen molar-refractivity contribution in [3.05, 3.63) is 59.7 Å². The van der Waals surface area contributed by atoms with Crippen LogP contribution in [0.1, 0.15) is 20.7 Å². The minimum absolute atomic E-state index is 0.0528. The molecule has 0 fully saturated rings. The quantitative estimate of drug-likeness (QED) is 0.495. The second-order valence-corrected chi connectivity index (χ2v) is 5.05. The second-order valence-electron chi connectivity index (χ2n) is 4.64. The summed E-state index contributed by atoms with van der Waals surface area (Å²) in [5.41, 5.74) is 5.50. The van der Waals surface area contributed by atoms with Gasteiger partial charge in [-0.25, -0.2) is 0 Å². The number of carbonyl (C=O) groups is 2. The number of aromatic hydroxyl groups is 1. The first kappa shape index (κ1) is 17.2. The fourth-order valence-electron chi connectivity index (χ4n) is 1.75. The summed E-state index contributed by atoms with van der Waals surface area (Å²) in [5, 5.41) is 11.6. The van der Waals surface area contributed by atoms with E-state index in [1.165, 1.54) is 31.4 Å². The van der Waals surface area contributed by atoms with Crippen molar-refractivity contribution in [2.45, 2.75) is 0 Å². The van der Waals surface area contributed by atoms with Gasteiger partial charge in [-0.3, -0.25) is 25.8 Å². The van der Waals surface area contributed by atoms with E-state index in [-0.39, 0.29) is 10.9 Å². The highest BCUT2D eigenvalue weighted by molar-refractivity contribution is 7.80. The van der Waals surface area contributed by atoms with Gasteiger partial charge >= 0.3 is 0 Å². The van der Waals surface area contributed by atoms with Crippen molar-refractivity contribution in [1.29, 1.82) is 0 Å². The summed E-state index contributed by atoms with van der Waals surface area (Å²) < 4.78 is 5.01. The van der Waals surface area contributed by atoms with Crippen molar-refractivity contribution in [3.63, 3.8) is 0 Å². The van der Waals surface area contributed by atoms with Crippen molar-refractivity contribution >= 4 is 29.1 Å². The molecule has 0 saturated carbocycles. The first-order chi connectivity index (χ1) is 11.5. The summed E-state index contributed by atoms with van der Waals surface area (Å²) in [7, 11) is 1.53. The fourth-order valence-corrected chi connectivity index (χ4v) is 1.89. The summed E-state index contributed by atoms with van der Waals surface area (Å²) in [6, 6.07) is 12.2. The lowest BCUT2D eigenvalue weighted by Gasteiger charge is -2.11. The number of ether oxygens (including phenoxy) is 1. The molecule has 0 bridgehead atoms. The van der Waals surface area contributed by atoms with Gasteiger partial charge in [0.05, 0.1) is 7.11 Å². The van der Waals surface area contributed by atoms with E-state index in [0.29, 0.717) is 16.9 Å². The molecule has 2 amide bonds. The first-order valence-corrected chi connectivity index (χ1v) is 7.25. The van der Waals surface area contributed by atoms with Crippen molar-refractivity contribution in [1.82, 2.24) is 16.2 Å². The van der Waals surface area contributed by atoms with Gasteiger partial charge in [0.25, 0.3) is 11.8 Å². The number of methoxy groups -OCH3 is 1. The lowest BCUT2D eigenvalue weighted by atomic mass is 10.2. The Hall–Kier alpha value is -3.13.